The van der Waals surface area contributed by atoms with E-state index in [1.807, 2.05) is 0 Å². The van der Waals surface area contributed by atoms with Gasteiger partial charge in [0.1, 0.15) is 18.1 Å². The van der Waals surface area contributed by atoms with Gasteiger partial charge in [0.05, 0.1) is 0 Å². The van der Waals surface area contributed by atoms with E-state index < -0.39 is 5.91 Å². The van der Waals surface area contributed by atoms with Crippen molar-refractivity contribution in [2.45, 2.75) is 0 Å². The number of aromatic nitrogens is 3. The lowest BCUT2D eigenvalue weighted by atomic mass is 10.1. The summed E-state index contributed by atoms with van der Waals surface area (Å²) in [5.41, 5.74) is 6.41. The van der Waals surface area contributed by atoms with Crippen LogP contribution in [0.15, 0.2) is 24.3 Å². The molecule has 0 aliphatic carbocycles. The van der Waals surface area contributed by atoms with Crippen LogP contribution in [-0.2, 0) is 0 Å². The van der Waals surface area contributed by atoms with E-state index in [-0.39, 0.29) is 12.3 Å². The van der Waals surface area contributed by atoms with Crippen molar-refractivity contribution in [3.05, 3.63) is 30.0 Å². The van der Waals surface area contributed by atoms with Crippen molar-refractivity contribution in [2.24, 2.45) is 5.73 Å². The molecule has 1 heterocycles. The van der Waals surface area contributed by atoms with Gasteiger partial charge in [-0.05, 0) is 24.3 Å². The van der Waals surface area contributed by atoms with E-state index in [4.69, 9.17) is 16.9 Å². The van der Waals surface area contributed by atoms with Crippen molar-refractivity contribution >= 4 is 5.91 Å². The lowest BCUT2D eigenvalue weighted by molar-refractivity contribution is 0.0996. The van der Waals surface area contributed by atoms with Crippen LogP contribution in [0.3, 0.4) is 0 Å². The largest absolute Gasteiger partial charge is 0.481 e. The molecule has 0 saturated heterocycles. The number of benzene rings is 1. The molecule has 0 unspecified atom stereocenters. The first-order valence-electron chi connectivity index (χ1n) is 5.09. The van der Waals surface area contributed by atoms with Crippen LogP contribution in [0.1, 0.15) is 10.5 Å². The fourth-order valence-corrected chi connectivity index (χ4v) is 1.44. The summed E-state index contributed by atoms with van der Waals surface area (Å²) < 4.78 is 5.23. The average Bonchev–Trinajstić information content (AvgIpc) is 2.86. The Labute approximate surface area is 103 Å². The average molecular weight is 242 g/mol. The third-order valence-corrected chi connectivity index (χ3v) is 2.23. The highest BCUT2D eigenvalue weighted by Crippen LogP contribution is 2.22. The molecular formula is C12H10N4O2. The van der Waals surface area contributed by atoms with Crippen LogP contribution in [-0.4, -0.2) is 27.9 Å². The van der Waals surface area contributed by atoms with E-state index in [0.29, 0.717) is 17.0 Å². The SMILES string of the molecule is C#CCOc1ccc(-c2n[nH]nc2C(N)=O)cc1. The number of nitrogens with zero attached hydrogens (tertiary/aromatic N) is 2. The number of ether oxygens (including phenoxy) is 1. The van der Waals surface area contributed by atoms with Crippen molar-refractivity contribution in [2.75, 3.05) is 6.61 Å². The topological polar surface area (TPSA) is 93.9 Å². The molecule has 0 aliphatic heterocycles. The summed E-state index contributed by atoms with van der Waals surface area (Å²) in [6.07, 6.45) is 5.09. The molecule has 18 heavy (non-hydrogen) atoms. The highest BCUT2D eigenvalue weighted by atomic mass is 16.5. The summed E-state index contributed by atoms with van der Waals surface area (Å²) >= 11 is 0. The maximum Gasteiger partial charge on any atom is 0.271 e. The van der Waals surface area contributed by atoms with E-state index >= 15 is 0 Å². The van der Waals surface area contributed by atoms with Crippen molar-refractivity contribution in [3.8, 4) is 29.4 Å². The maximum atomic E-state index is 11.1. The summed E-state index contributed by atoms with van der Waals surface area (Å²) in [4.78, 5) is 11.1. The molecule has 3 N–H and O–H groups in total. The fourth-order valence-electron chi connectivity index (χ4n) is 1.44. The highest BCUT2D eigenvalue weighted by molar-refractivity contribution is 5.96. The zero-order valence-corrected chi connectivity index (χ0v) is 9.38. The number of primary amides is 1. The van der Waals surface area contributed by atoms with Crippen molar-refractivity contribution in [1.29, 1.82) is 0 Å². The minimum absolute atomic E-state index is 0.104. The number of terminal acetylenes is 1. The molecule has 1 amide bonds. The van der Waals surface area contributed by atoms with Gasteiger partial charge in [0.2, 0.25) is 0 Å². The normalized spacial score (nSPS) is 9.72. The Morgan fingerprint density at radius 2 is 2.11 bits per heavy atom. The molecule has 0 atom stereocenters. The van der Waals surface area contributed by atoms with Crippen molar-refractivity contribution in [1.82, 2.24) is 15.4 Å². The summed E-state index contributed by atoms with van der Waals surface area (Å²) in [7, 11) is 0. The van der Waals surface area contributed by atoms with Crippen LogP contribution in [0.25, 0.3) is 11.3 Å². The molecule has 0 aliphatic rings. The molecule has 0 spiro atoms. The minimum atomic E-state index is -0.633. The number of aromatic amines is 1. The molecule has 6 heteroatoms. The van der Waals surface area contributed by atoms with E-state index in [0.717, 1.165) is 0 Å². The third kappa shape index (κ3) is 2.30. The van der Waals surface area contributed by atoms with Gasteiger partial charge in [0, 0.05) is 5.56 Å². The number of carbonyl (C=O) groups excluding carboxylic acids is 1. The van der Waals surface area contributed by atoms with Gasteiger partial charge in [0.15, 0.2) is 5.69 Å². The standard InChI is InChI=1S/C12H10N4O2/c1-2-7-18-9-5-3-8(4-6-9)10-11(12(13)17)15-16-14-10/h1,3-6H,7H2,(H2,13,17)(H,14,15,16). The zero-order valence-electron chi connectivity index (χ0n) is 9.38. The molecule has 90 valence electrons. The molecule has 2 rings (SSSR count). The molecule has 2 aromatic rings. The van der Waals surface area contributed by atoms with Gasteiger partial charge >= 0.3 is 0 Å². The number of rotatable bonds is 4. The van der Waals surface area contributed by atoms with Gasteiger partial charge in [0.25, 0.3) is 5.91 Å². The second kappa shape index (κ2) is 5.01. The lowest BCUT2D eigenvalue weighted by Gasteiger charge is -2.03. The molecule has 6 nitrogen and oxygen atoms in total. The Morgan fingerprint density at radius 3 is 2.72 bits per heavy atom. The van der Waals surface area contributed by atoms with Crippen LogP contribution in [0.4, 0.5) is 0 Å². The number of amides is 1. The van der Waals surface area contributed by atoms with E-state index in [2.05, 4.69) is 21.3 Å². The monoisotopic (exact) mass is 242 g/mol. The van der Waals surface area contributed by atoms with Crippen LogP contribution < -0.4 is 10.5 Å². The first-order valence-corrected chi connectivity index (χ1v) is 5.09. The van der Waals surface area contributed by atoms with Crippen molar-refractivity contribution in [3.63, 3.8) is 0 Å². The van der Waals surface area contributed by atoms with Gasteiger partial charge in [-0.25, -0.2) is 0 Å². The summed E-state index contributed by atoms with van der Waals surface area (Å²) in [5, 5.41) is 9.95. The van der Waals surface area contributed by atoms with Gasteiger partial charge in [-0.3, -0.25) is 4.79 Å². The second-order valence-corrected chi connectivity index (χ2v) is 3.40. The summed E-state index contributed by atoms with van der Waals surface area (Å²) in [6, 6.07) is 6.95. The molecule has 0 radical (unpaired) electrons. The first-order chi connectivity index (χ1) is 8.72. The van der Waals surface area contributed by atoms with E-state index in [9.17, 15) is 4.79 Å². The lowest BCUT2D eigenvalue weighted by Crippen LogP contribution is -2.12. The first kappa shape index (κ1) is 11.7. The van der Waals surface area contributed by atoms with E-state index in [1.165, 1.54) is 0 Å². The summed E-state index contributed by atoms with van der Waals surface area (Å²) in [6.45, 7) is 0.204. The predicted octanol–water partition coefficient (Wildman–Crippen LogP) is 0.583. The Morgan fingerprint density at radius 1 is 1.39 bits per heavy atom. The third-order valence-electron chi connectivity index (χ3n) is 2.23. The molecular weight excluding hydrogens is 232 g/mol. The molecule has 1 aromatic carbocycles. The van der Waals surface area contributed by atoms with Crippen LogP contribution >= 0.6 is 0 Å². The molecule has 1 aromatic heterocycles. The quantitative estimate of drug-likeness (QED) is 0.767. The number of nitrogens with one attached hydrogen (secondary N) is 1. The number of nitrogens with two attached hydrogens (primary N) is 1. The van der Waals surface area contributed by atoms with Gasteiger partial charge < -0.3 is 10.5 Å². The Hall–Kier alpha value is -2.81. The van der Waals surface area contributed by atoms with Crippen LogP contribution in [0.2, 0.25) is 0 Å². The van der Waals surface area contributed by atoms with E-state index in [1.54, 1.807) is 24.3 Å². The van der Waals surface area contributed by atoms with Gasteiger partial charge in [-0.1, -0.05) is 5.92 Å². The summed E-state index contributed by atoms with van der Waals surface area (Å²) in [5.74, 6) is 2.38. The predicted molar refractivity (Wildman–Crippen MR) is 64.7 cm³/mol. The highest BCUT2D eigenvalue weighted by Gasteiger charge is 2.14. The van der Waals surface area contributed by atoms with Crippen LogP contribution in [0.5, 0.6) is 5.75 Å². The minimum Gasteiger partial charge on any atom is -0.481 e. The molecule has 0 bridgehead atoms. The Balaban J connectivity index is 2.26. The van der Waals surface area contributed by atoms with Crippen LogP contribution in [0, 0.1) is 12.3 Å². The van der Waals surface area contributed by atoms with Gasteiger partial charge in [-0.15, -0.1) is 6.42 Å². The zero-order chi connectivity index (χ0) is 13.0. The number of carbonyl (C=O) groups is 1. The molecule has 0 fully saturated rings. The van der Waals surface area contributed by atoms with Crippen molar-refractivity contribution < 1.29 is 9.53 Å². The second-order valence-electron chi connectivity index (χ2n) is 3.40. The number of hydrogen-bond acceptors (Lipinski definition) is 4. The van der Waals surface area contributed by atoms with Gasteiger partial charge in [-0.2, -0.15) is 15.4 Å². The molecule has 0 saturated carbocycles. The number of H-pyrrole nitrogens is 1. The fraction of sp³-hybridized carbons (Fsp3) is 0.0833. The Kier molecular flexibility index (Phi) is 3.25. The Bertz CT molecular complexity index is 595. The maximum absolute atomic E-state index is 11.1. The number of hydrogen-bond donors (Lipinski definition) is 2. The smallest absolute Gasteiger partial charge is 0.271 e.